The Morgan fingerprint density at radius 1 is 1.36 bits per heavy atom. The molecule has 1 saturated carbocycles. The third kappa shape index (κ3) is 3.04. The molecule has 0 bridgehead atoms. The molecule has 1 nitrogen and oxygen atoms in total. The van der Waals surface area contributed by atoms with Crippen molar-refractivity contribution in [3.63, 3.8) is 0 Å². The van der Waals surface area contributed by atoms with E-state index in [0.717, 1.165) is 0 Å². The van der Waals surface area contributed by atoms with Crippen molar-refractivity contribution in [2.24, 2.45) is 0 Å². The third-order valence-corrected chi connectivity index (χ3v) is 2.76. The molecule has 0 unspecified atom stereocenters. The second kappa shape index (κ2) is 2.98. The van der Waals surface area contributed by atoms with Gasteiger partial charge in [0.2, 0.25) is 0 Å². The summed E-state index contributed by atoms with van der Waals surface area (Å²) >= 11 is 1.95. The van der Waals surface area contributed by atoms with Crippen molar-refractivity contribution in [3.05, 3.63) is 0 Å². The van der Waals surface area contributed by atoms with Gasteiger partial charge >= 0.3 is 0 Å². The van der Waals surface area contributed by atoms with Gasteiger partial charge in [-0.05, 0) is 39.9 Å². The average Bonchev–Trinajstić information content (AvgIpc) is 2.44. The second-order valence-electron chi connectivity index (χ2n) is 4.59. The number of hydrogen-bond acceptors (Lipinski definition) is 2. The van der Waals surface area contributed by atoms with Gasteiger partial charge in [0.05, 0.1) is 0 Å². The minimum atomic E-state index is 0.284. The first-order valence-electron chi connectivity index (χ1n) is 4.26. The van der Waals surface area contributed by atoms with E-state index in [9.17, 15) is 0 Å². The maximum Gasteiger partial charge on any atom is 0.0277 e. The van der Waals surface area contributed by atoms with Crippen molar-refractivity contribution in [1.29, 1.82) is 0 Å². The largest absolute Gasteiger partial charge is 0.306 e. The summed E-state index contributed by atoms with van der Waals surface area (Å²) in [5.74, 6) is 1.27. The standard InChI is InChI=1S/C9H19NS/c1-8(2,3)10-9(5-6-9)7-11-4/h10H,5-7H2,1-4H3. The molecule has 2 heteroatoms. The molecule has 1 aliphatic carbocycles. The van der Waals surface area contributed by atoms with E-state index in [1.807, 2.05) is 11.8 Å². The van der Waals surface area contributed by atoms with E-state index in [1.54, 1.807) is 0 Å². The predicted octanol–water partition coefficient (Wildman–Crippen LogP) is 2.27. The zero-order chi connectivity index (χ0) is 8.54. The van der Waals surface area contributed by atoms with Gasteiger partial charge < -0.3 is 5.32 Å². The number of nitrogens with one attached hydrogen (secondary N) is 1. The number of rotatable bonds is 3. The van der Waals surface area contributed by atoms with Gasteiger partial charge in [-0.15, -0.1) is 0 Å². The monoisotopic (exact) mass is 173 g/mol. The van der Waals surface area contributed by atoms with Gasteiger partial charge in [-0.2, -0.15) is 11.8 Å². The lowest BCUT2D eigenvalue weighted by molar-refractivity contribution is 0.364. The van der Waals surface area contributed by atoms with E-state index in [4.69, 9.17) is 0 Å². The Morgan fingerprint density at radius 2 is 1.91 bits per heavy atom. The molecule has 0 aromatic heterocycles. The molecule has 0 saturated heterocycles. The van der Waals surface area contributed by atoms with Crippen LogP contribution in [0.4, 0.5) is 0 Å². The van der Waals surface area contributed by atoms with E-state index in [0.29, 0.717) is 5.54 Å². The molecule has 0 amide bonds. The van der Waals surface area contributed by atoms with E-state index in [-0.39, 0.29) is 5.54 Å². The summed E-state index contributed by atoms with van der Waals surface area (Å²) in [5.41, 5.74) is 0.782. The summed E-state index contributed by atoms with van der Waals surface area (Å²) in [7, 11) is 0. The minimum absolute atomic E-state index is 0.284. The van der Waals surface area contributed by atoms with Crippen molar-refractivity contribution in [1.82, 2.24) is 5.32 Å². The Bertz CT molecular complexity index is 133. The summed E-state index contributed by atoms with van der Waals surface area (Å²) < 4.78 is 0. The van der Waals surface area contributed by atoms with Crippen molar-refractivity contribution in [2.45, 2.75) is 44.7 Å². The van der Waals surface area contributed by atoms with E-state index < -0.39 is 0 Å². The van der Waals surface area contributed by atoms with Crippen LogP contribution in [0.5, 0.6) is 0 Å². The number of hydrogen-bond donors (Lipinski definition) is 1. The van der Waals surface area contributed by atoms with Crippen LogP contribution >= 0.6 is 11.8 Å². The van der Waals surface area contributed by atoms with Crippen LogP contribution in [-0.4, -0.2) is 23.1 Å². The van der Waals surface area contributed by atoms with Gasteiger partial charge in [0.15, 0.2) is 0 Å². The topological polar surface area (TPSA) is 12.0 Å². The van der Waals surface area contributed by atoms with Crippen LogP contribution in [0.1, 0.15) is 33.6 Å². The normalized spacial score (nSPS) is 21.8. The number of thioether (sulfide) groups is 1. The Labute approximate surface area is 74.3 Å². The lowest BCUT2D eigenvalue weighted by atomic mass is 10.1. The smallest absolute Gasteiger partial charge is 0.0277 e. The highest BCUT2D eigenvalue weighted by atomic mass is 32.2. The Hall–Kier alpha value is 0.310. The molecule has 1 N–H and O–H groups in total. The second-order valence-corrected chi connectivity index (χ2v) is 5.45. The quantitative estimate of drug-likeness (QED) is 0.702. The Balaban J connectivity index is 2.35. The van der Waals surface area contributed by atoms with Gasteiger partial charge in [0, 0.05) is 16.8 Å². The molecule has 66 valence electrons. The fourth-order valence-corrected chi connectivity index (χ4v) is 2.44. The molecule has 0 spiro atoms. The van der Waals surface area contributed by atoms with Crippen LogP contribution < -0.4 is 5.32 Å². The molecule has 0 atom stereocenters. The van der Waals surface area contributed by atoms with E-state index in [1.165, 1.54) is 18.6 Å². The van der Waals surface area contributed by atoms with E-state index >= 15 is 0 Å². The van der Waals surface area contributed by atoms with Crippen LogP contribution in [0, 0.1) is 0 Å². The molecular formula is C9H19NS. The predicted molar refractivity (Wildman–Crippen MR) is 53.2 cm³/mol. The van der Waals surface area contributed by atoms with Crippen LogP contribution in [0.25, 0.3) is 0 Å². The van der Waals surface area contributed by atoms with Gasteiger partial charge in [-0.1, -0.05) is 0 Å². The highest BCUT2D eigenvalue weighted by molar-refractivity contribution is 7.98. The van der Waals surface area contributed by atoms with Crippen LogP contribution in [-0.2, 0) is 0 Å². The summed E-state index contributed by atoms with van der Waals surface area (Å²) in [6, 6.07) is 0. The summed E-state index contributed by atoms with van der Waals surface area (Å²) in [4.78, 5) is 0. The maximum atomic E-state index is 3.69. The molecule has 1 aliphatic rings. The SMILES string of the molecule is CSCC1(NC(C)(C)C)CC1. The first kappa shape index (κ1) is 9.40. The molecular weight excluding hydrogens is 154 g/mol. The van der Waals surface area contributed by atoms with Gasteiger partial charge in [0.1, 0.15) is 0 Å². The first-order chi connectivity index (χ1) is 4.97. The molecule has 0 aliphatic heterocycles. The summed E-state index contributed by atoms with van der Waals surface area (Å²) in [6.45, 7) is 6.73. The molecule has 0 radical (unpaired) electrons. The molecule has 0 heterocycles. The lowest BCUT2D eigenvalue weighted by Crippen LogP contribution is -2.46. The van der Waals surface area contributed by atoms with Crippen molar-refractivity contribution >= 4 is 11.8 Å². The van der Waals surface area contributed by atoms with Crippen molar-refractivity contribution < 1.29 is 0 Å². The average molecular weight is 173 g/mol. The lowest BCUT2D eigenvalue weighted by Gasteiger charge is -2.28. The van der Waals surface area contributed by atoms with Gasteiger partial charge in [0.25, 0.3) is 0 Å². The molecule has 0 aromatic carbocycles. The highest BCUT2D eigenvalue weighted by Gasteiger charge is 2.43. The van der Waals surface area contributed by atoms with Crippen molar-refractivity contribution in [3.8, 4) is 0 Å². The highest BCUT2D eigenvalue weighted by Crippen LogP contribution is 2.39. The Morgan fingerprint density at radius 3 is 2.18 bits per heavy atom. The van der Waals surface area contributed by atoms with Crippen LogP contribution in [0.3, 0.4) is 0 Å². The summed E-state index contributed by atoms with van der Waals surface area (Å²) in [5, 5.41) is 3.69. The van der Waals surface area contributed by atoms with Crippen molar-refractivity contribution in [2.75, 3.05) is 12.0 Å². The van der Waals surface area contributed by atoms with Gasteiger partial charge in [-0.25, -0.2) is 0 Å². The molecule has 11 heavy (non-hydrogen) atoms. The fourth-order valence-electron chi connectivity index (χ4n) is 1.53. The van der Waals surface area contributed by atoms with Crippen LogP contribution in [0.2, 0.25) is 0 Å². The van der Waals surface area contributed by atoms with Gasteiger partial charge in [-0.3, -0.25) is 0 Å². The zero-order valence-electron chi connectivity index (χ0n) is 8.03. The van der Waals surface area contributed by atoms with E-state index in [2.05, 4.69) is 32.3 Å². The zero-order valence-corrected chi connectivity index (χ0v) is 8.85. The Kier molecular flexibility index (Phi) is 2.55. The molecule has 1 fully saturated rings. The van der Waals surface area contributed by atoms with Crippen LogP contribution in [0.15, 0.2) is 0 Å². The third-order valence-electron chi connectivity index (χ3n) is 1.91. The first-order valence-corrected chi connectivity index (χ1v) is 5.65. The summed E-state index contributed by atoms with van der Waals surface area (Å²) in [6.07, 6.45) is 4.92. The fraction of sp³-hybridized carbons (Fsp3) is 1.00. The maximum absolute atomic E-state index is 3.69. The molecule has 0 aromatic rings. The molecule has 1 rings (SSSR count). The minimum Gasteiger partial charge on any atom is -0.306 e.